The van der Waals surface area contributed by atoms with E-state index in [1.165, 1.54) is 25.7 Å². The molecule has 0 aliphatic rings. The molecular formula is C52H81NO3. The molecule has 0 aliphatic carbocycles. The predicted molar refractivity (Wildman–Crippen MR) is 248 cm³/mol. The summed E-state index contributed by atoms with van der Waals surface area (Å²) in [6.45, 7) is 3.96. The molecule has 0 heterocycles. The molecule has 0 spiro atoms. The average molecular weight is 768 g/mol. The molecule has 0 rings (SSSR count). The van der Waals surface area contributed by atoms with Crippen LogP contribution in [0.1, 0.15) is 155 Å². The molecule has 312 valence electrons. The molecule has 4 heteroatoms. The van der Waals surface area contributed by atoms with Gasteiger partial charge in [-0.25, -0.2) is 0 Å². The monoisotopic (exact) mass is 768 g/mol. The zero-order valence-electron chi connectivity index (χ0n) is 35.6. The fraction of sp³-hybridized carbons (Fsp3) is 0.519. The minimum atomic E-state index is -0.849. The molecule has 0 saturated carbocycles. The van der Waals surface area contributed by atoms with Crippen molar-refractivity contribution in [3.05, 3.63) is 146 Å². The Hall–Kier alpha value is -3.73. The Morgan fingerprint density at radius 3 is 1.14 bits per heavy atom. The van der Waals surface area contributed by atoms with E-state index in [1.54, 1.807) is 6.08 Å². The zero-order chi connectivity index (χ0) is 40.7. The van der Waals surface area contributed by atoms with Gasteiger partial charge in [-0.1, -0.05) is 198 Å². The van der Waals surface area contributed by atoms with Gasteiger partial charge in [-0.15, -0.1) is 0 Å². The summed E-state index contributed by atoms with van der Waals surface area (Å²) in [6, 6.07) is -0.633. The van der Waals surface area contributed by atoms with Crippen LogP contribution in [0.5, 0.6) is 0 Å². The third-order valence-electron chi connectivity index (χ3n) is 8.81. The van der Waals surface area contributed by atoms with Gasteiger partial charge in [0.05, 0.1) is 18.8 Å². The van der Waals surface area contributed by atoms with Crippen LogP contribution in [0.3, 0.4) is 0 Å². The number of amides is 1. The summed E-state index contributed by atoms with van der Waals surface area (Å²) < 4.78 is 0. The number of allylic oxidation sites excluding steroid dienone is 23. The van der Waals surface area contributed by atoms with E-state index in [0.717, 1.165) is 109 Å². The smallest absolute Gasteiger partial charge is 0.220 e. The minimum Gasteiger partial charge on any atom is -0.394 e. The number of carbonyl (C=O) groups is 1. The number of aliphatic hydroxyl groups excluding tert-OH is 2. The van der Waals surface area contributed by atoms with E-state index < -0.39 is 12.1 Å². The Balaban J connectivity index is 3.63. The summed E-state index contributed by atoms with van der Waals surface area (Å²) in [5.74, 6) is -0.0960. The van der Waals surface area contributed by atoms with Gasteiger partial charge in [0.25, 0.3) is 0 Å². The lowest BCUT2D eigenvalue weighted by Crippen LogP contribution is -2.45. The topological polar surface area (TPSA) is 69.6 Å². The molecule has 0 aliphatic heterocycles. The van der Waals surface area contributed by atoms with E-state index in [-0.39, 0.29) is 12.5 Å². The van der Waals surface area contributed by atoms with Crippen LogP contribution in [0.25, 0.3) is 0 Å². The molecule has 2 unspecified atom stereocenters. The number of unbranched alkanes of at least 4 members (excludes halogenated alkanes) is 8. The van der Waals surface area contributed by atoms with E-state index in [2.05, 4.69) is 153 Å². The highest BCUT2D eigenvalue weighted by atomic mass is 16.3. The van der Waals surface area contributed by atoms with Crippen molar-refractivity contribution in [2.24, 2.45) is 0 Å². The fourth-order valence-electron chi connectivity index (χ4n) is 5.48. The van der Waals surface area contributed by atoms with Gasteiger partial charge in [-0.05, 0) is 96.3 Å². The van der Waals surface area contributed by atoms with Crippen LogP contribution in [-0.2, 0) is 4.79 Å². The molecule has 0 radical (unpaired) electrons. The first-order valence-electron chi connectivity index (χ1n) is 22.0. The Morgan fingerprint density at radius 1 is 0.446 bits per heavy atom. The zero-order valence-corrected chi connectivity index (χ0v) is 35.6. The van der Waals surface area contributed by atoms with Crippen molar-refractivity contribution in [1.82, 2.24) is 5.32 Å². The second-order valence-corrected chi connectivity index (χ2v) is 14.0. The number of rotatable bonds is 37. The second kappa shape index (κ2) is 45.7. The first-order valence-corrected chi connectivity index (χ1v) is 22.0. The van der Waals surface area contributed by atoms with Crippen molar-refractivity contribution in [3.63, 3.8) is 0 Å². The molecule has 0 aromatic heterocycles. The van der Waals surface area contributed by atoms with Crippen LogP contribution < -0.4 is 5.32 Å². The Bertz CT molecular complexity index is 1240. The van der Waals surface area contributed by atoms with E-state index in [1.807, 2.05) is 6.08 Å². The Morgan fingerprint density at radius 2 is 0.786 bits per heavy atom. The first-order chi connectivity index (χ1) is 27.7. The second-order valence-electron chi connectivity index (χ2n) is 14.0. The molecule has 0 bridgehead atoms. The van der Waals surface area contributed by atoms with Crippen LogP contribution in [0.4, 0.5) is 0 Å². The van der Waals surface area contributed by atoms with Gasteiger partial charge in [0.2, 0.25) is 5.91 Å². The quantitative estimate of drug-likeness (QED) is 0.0435. The van der Waals surface area contributed by atoms with Gasteiger partial charge in [-0.2, -0.15) is 0 Å². The van der Waals surface area contributed by atoms with Gasteiger partial charge in [0.15, 0.2) is 0 Å². The lowest BCUT2D eigenvalue weighted by Gasteiger charge is -2.19. The maximum Gasteiger partial charge on any atom is 0.220 e. The predicted octanol–water partition coefficient (Wildman–Crippen LogP) is 14.1. The lowest BCUT2D eigenvalue weighted by molar-refractivity contribution is -0.123. The van der Waals surface area contributed by atoms with Crippen LogP contribution >= 0.6 is 0 Å². The number of hydrogen-bond acceptors (Lipinski definition) is 3. The summed E-state index contributed by atoms with van der Waals surface area (Å²) >= 11 is 0. The molecule has 4 nitrogen and oxygen atoms in total. The van der Waals surface area contributed by atoms with Crippen molar-refractivity contribution in [2.45, 2.75) is 167 Å². The molecule has 1 amide bonds. The molecule has 2 atom stereocenters. The van der Waals surface area contributed by atoms with Crippen LogP contribution in [0.2, 0.25) is 0 Å². The highest BCUT2D eigenvalue weighted by Crippen LogP contribution is 2.11. The summed E-state index contributed by atoms with van der Waals surface area (Å²) in [5, 5.41) is 22.4. The van der Waals surface area contributed by atoms with Gasteiger partial charge in [0.1, 0.15) is 0 Å². The van der Waals surface area contributed by atoms with Gasteiger partial charge >= 0.3 is 0 Å². The van der Waals surface area contributed by atoms with E-state index >= 15 is 0 Å². The minimum absolute atomic E-state index is 0.0960. The highest BCUT2D eigenvalue weighted by molar-refractivity contribution is 5.76. The SMILES string of the molecule is CC/C=C\C/C=C\C/C=C\C/C=C\C/C=C\C/C=C\C/C=C\C/C=C\C/C=C\C/C=C\C/C=C\CCCCCCCCCC(=O)NC(CO)C(O)/C=C/CCC. The number of aliphatic hydroxyl groups is 2. The van der Waals surface area contributed by atoms with Gasteiger partial charge in [0, 0.05) is 6.42 Å². The van der Waals surface area contributed by atoms with Crippen molar-refractivity contribution in [2.75, 3.05) is 6.61 Å². The molecule has 0 saturated heterocycles. The largest absolute Gasteiger partial charge is 0.394 e. The number of nitrogens with one attached hydrogen (secondary N) is 1. The van der Waals surface area contributed by atoms with Crippen molar-refractivity contribution in [1.29, 1.82) is 0 Å². The molecule has 3 N–H and O–H groups in total. The summed E-state index contributed by atoms with van der Waals surface area (Å²) in [4.78, 5) is 12.2. The van der Waals surface area contributed by atoms with Crippen molar-refractivity contribution in [3.8, 4) is 0 Å². The summed E-state index contributed by atoms with van der Waals surface area (Å²) in [5.41, 5.74) is 0. The standard InChI is InChI=1S/C52H81NO3/c1-3-5-7-8-9-10-11-12-13-14-15-16-17-18-19-20-21-22-23-24-25-26-27-28-29-30-31-32-33-34-35-36-37-38-39-40-41-42-43-44-46-48-52(56)53-50(49-54)51(55)47-45-6-4-2/h5,7,9-10,12-13,15-16,18-19,21-22,24-25,27-28,30-31,33-34,36-37,45,47,50-51,54-55H,3-4,6,8,11,14,17,20,23,26,29,32,35,38-44,46,48-49H2,1-2H3,(H,53,56)/b7-5-,10-9-,13-12-,16-15-,19-18-,22-21-,25-24-,28-27-,31-30-,34-33-,37-36-,47-45+. The van der Waals surface area contributed by atoms with E-state index in [0.29, 0.717) is 6.42 Å². The molecule has 56 heavy (non-hydrogen) atoms. The molecular weight excluding hydrogens is 687 g/mol. The van der Waals surface area contributed by atoms with Crippen molar-refractivity contribution >= 4 is 5.91 Å². The maximum atomic E-state index is 12.2. The summed E-state index contributed by atoms with van der Waals surface area (Å²) in [7, 11) is 0. The molecule has 0 fully saturated rings. The van der Waals surface area contributed by atoms with E-state index in [9.17, 15) is 15.0 Å². The van der Waals surface area contributed by atoms with Crippen LogP contribution in [0.15, 0.2) is 146 Å². The van der Waals surface area contributed by atoms with Crippen LogP contribution in [0, 0.1) is 0 Å². The number of hydrogen-bond donors (Lipinski definition) is 3. The van der Waals surface area contributed by atoms with Gasteiger partial charge in [-0.3, -0.25) is 4.79 Å². The average Bonchev–Trinajstić information content (AvgIpc) is 3.20. The van der Waals surface area contributed by atoms with Crippen LogP contribution in [-0.4, -0.2) is 34.9 Å². The molecule has 0 aromatic carbocycles. The Labute approximate surface area is 344 Å². The fourth-order valence-corrected chi connectivity index (χ4v) is 5.48. The van der Waals surface area contributed by atoms with E-state index in [4.69, 9.17) is 0 Å². The van der Waals surface area contributed by atoms with Crippen molar-refractivity contribution < 1.29 is 15.0 Å². The highest BCUT2D eigenvalue weighted by Gasteiger charge is 2.17. The van der Waals surface area contributed by atoms with Gasteiger partial charge < -0.3 is 15.5 Å². The first kappa shape index (κ1) is 52.3. The third-order valence-corrected chi connectivity index (χ3v) is 8.81. The lowest BCUT2D eigenvalue weighted by atomic mass is 10.1. The normalized spacial score (nSPS) is 14.4. The third kappa shape index (κ3) is 41.4. The maximum absolute atomic E-state index is 12.2. The number of carbonyl (C=O) groups excluding carboxylic acids is 1. The Kier molecular flexibility index (Phi) is 42.6. The molecule has 0 aromatic rings. The summed E-state index contributed by atoms with van der Waals surface area (Å²) in [6.07, 6.45) is 74.6.